The van der Waals surface area contributed by atoms with Crippen LogP contribution >= 0.6 is 0 Å². The van der Waals surface area contributed by atoms with E-state index in [0.29, 0.717) is 6.54 Å². The van der Waals surface area contributed by atoms with Gasteiger partial charge in [-0.25, -0.2) is 0 Å². The molecule has 3 heteroatoms. The van der Waals surface area contributed by atoms with Gasteiger partial charge in [0, 0.05) is 0 Å². The minimum atomic E-state index is -0.449. The predicted octanol–water partition coefficient (Wildman–Crippen LogP) is -3.70. The van der Waals surface area contributed by atoms with Gasteiger partial charge < -0.3 is 10.0 Å². The molecule has 0 amide bonds. The van der Waals surface area contributed by atoms with Crippen LogP contribution in [0.15, 0.2) is 0 Å². The molecule has 0 radical (unpaired) electrons. The van der Waals surface area contributed by atoms with Crippen LogP contribution in [-0.2, 0) is 0 Å². The van der Waals surface area contributed by atoms with Crippen LogP contribution in [0.5, 0.6) is 0 Å². The molecule has 0 aromatic heterocycles. The van der Waals surface area contributed by atoms with Crippen LogP contribution in [0.2, 0.25) is 0 Å². The van der Waals surface area contributed by atoms with E-state index in [1.165, 1.54) is 0 Å². The maximum Gasteiger partial charge on any atom is 1.00 e. The van der Waals surface area contributed by atoms with Gasteiger partial charge in [-0.05, 0) is 20.6 Å². The largest absolute Gasteiger partial charge is 1.00 e. The molecule has 0 unspecified atom stereocenters. The molecule has 8 heavy (non-hydrogen) atoms. The van der Waals surface area contributed by atoms with Gasteiger partial charge in [-0.2, -0.15) is 0 Å². The van der Waals surface area contributed by atoms with Gasteiger partial charge in [0.25, 0.3) is 0 Å². The topological polar surface area (TPSA) is 26.3 Å². The molecule has 0 heterocycles. The fraction of sp³-hybridized carbons (Fsp3) is 1.00. The molecule has 0 N–H and O–H groups in total. The fourth-order valence-electron chi connectivity index (χ4n) is 0.514. The molecule has 0 aliphatic rings. The molecule has 0 aliphatic heterocycles. The summed E-state index contributed by atoms with van der Waals surface area (Å²) in [6.45, 7) is 2.31. The van der Waals surface area contributed by atoms with Crippen molar-refractivity contribution < 1.29 is 74.0 Å². The van der Waals surface area contributed by atoms with Crippen molar-refractivity contribution in [1.82, 2.24) is 4.90 Å². The maximum absolute atomic E-state index is 10.3. The minimum Gasteiger partial charge on any atom is -0.851 e. The second-order valence-corrected chi connectivity index (χ2v) is 2.07. The Morgan fingerprint density at radius 2 is 1.88 bits per heavy atom. The molecule has 0 saturated carbocycles. The van der Waals surface area contributed by atoms with Crippen LogP contribution < -0.4 is 74.0 Å². The Labute approximate surface area is 110 Å². The van der Waals surface area contributed by atoms with Gasteiger partial charge in [-0.15, -0.1) is 6.10 Å². The molecule has 0 rings (SSSR count). The summed E-state index contributed by atoms with van der Waals surface area (Å²) in [5.74, 6) is 0. The normalized spacial score (nSPS) is 13.1. The molecule has 0 bridgehead atoms. The van der Waals surface area contributed by atoms with Gasteiger partial charge in [0.05, 0.1) is 0 Å². The Morgan fingerprint density at radius 3 is 1.88 bits per heavy atom. The third kappa shape index (κ3) is 10.9. The van der Waals surface area contributed by atoms with E-state index >= 15 is 0 Å². The Balaban J connectivity index is 0. The van der Waals surface area contributed by atoms with E-state index in [4.69, 9.17) is 0 Å². The summed E-state index contributed by atoms with van der Waals surface area (Å²) in [5.41, 5.74) is 0. The zero-order valence-electron chi connectivity index (χ0n) is 6.14. The molecule has 0 fully saturated rings. The van der Waals surface area contributed by atoms with Crippen molar-refractivity contribution in [2.75, 3.05) is 20.6 Å². The fourth-order valence-corrected chi connectivity index (χ4v) is 0.514. The van der Waals surface area contributed by atoms with E-state index in [0.717, 1.165) is 0 Å². The third-order valence-corrected chi connectivity index (χ3v) is 0.622. The van der Waals surface area contributed by atoms with E-state index in [1.54, 1.807) is 6.92 Å². The molecular formula is C5H12CsNO. The summed E-state index contributed by atoms with van der Waals surface area (Å²) < 4.78 is 0. The average Bonchev–Trinajstić information content (AvgIpc) is 1.27. The van der Waals surface area contributed by atoms with Crippen LogP contribution in [0.3, 0.4) is 0 Å². The summed E-state index contributed by atoms with van der Waals surface area (Å²) in [5, 5.41) is 10.3. The average molecular weight is 235 g/mol. The molecule has 2 nitrogen and oxygen atoms in total. The van der Waals surface area contributed by atoms with E-state index in [9.17, 15) is 5.11 Å². The first kappa shape index (κ1) is 12.6. The van der Waals surface area contributed by atoms with Crippen molar-refractivity contribution in [2.24, 2.45) is 0 Å². The van der Waals surface area contributed by atoms with Crippen LogP contribution in [0.4, 0.5) is 0 Å². The molecule has 0 aromatic rings. The van der Waals surface area contributed by atoms with Crippen molar-refractivity contribution >= 4 is 0 Å². The minimum absolute atomic E-state index is 0. The second-order valence-electron chi connectivity index (χ2n) is 2.07. The summed E-state index contributed by atoms with van der Waals surface area (Å²) >= 11 is 0. The van der Waals surface area contributed by atoms with Gasteiger partial charge in [0.1, 0.15) is 0 Å². The van der Waals surface area contributed by atoms with Gasteiger partial charge in [-0.3, -0.25) is 0 Å². The number of likely N-dealkylation sites (N-methyl/N-ethyl adjacent to an activating group) is 1. The van der Waals surface area contributed by atoms with Crippen molar-refractivity contribution in [2.45, 2.75) is 13.0 Å². The van der Waals surface area contributed by atoms with Gasteiger partial charge >= 0.3 is 68.9 Å². The van der Waals surface area contributed by atoms with E-state index < -0.39 is 6.10 Å². The molecule has 0 saturated heterocycles. The number of rotatable bonds is 2. The van der Waals surface area contributed by atoms with Crippen LogP contribution in [0, 0.1) is 0 Å². The summed E-state index contributed by atoms with van der Waals surface area (Å²) in [7, 11) is 3.79. The third-order valence-electron chi connectivity index (χ3n) is 0.622. The number of hydrogen-bond donors (Lipinski definition) is 0. The zero-order valence-corrected chi connectivity index (χ0v) is 12.4. The summed E-state index contributed by atoms with van der Waals surface area (Å²) in [4.78, 5) is 1.89. The van der Waals surface area contributed by atoms with Crippen molar-refractivity contribution in [3.8, 4) is 0 Å². The standard InChI is InChI=1S/C5H12NO.Cs/c1-5(7)4-6(2)3;/h5H,4H2,1-3H3;/q-1;+1/t5-;/m0./s1. The van der Waals surface area contributed by atoms with Crippen molar-refractivity contribution in [3.63, 3.8) is 0 Å². The van der Waals surface area contributed by atoms with E-state index in [2.05, 4.69) is 0 Å². The molecule has 0 aromatic carbocycles. The molecular weight excluding hydrogens is 223 g/mol. The van der Waals surface area contributed by atoms with E-state index in [1.807, 2.05) is 19.0 Å². The first-order chi connectivity index (χ1) is 3.13. The summed E-state index contributed by atoms with van der Waals surface area (Å²) in [6.07, 6.45) is -0.449. The Bertz CT molecular complexity index is 41.7. The van der Waals surface area contributed by atoms with Gasteiger partial charge in [0.2, 0.25) is 0 Å². The van der Waals surface area contributed by atoms with E-state index in [-0.39, 0.29) is 68.9 Å². The molecule has 1 atom stereocenters. The first-order valence-corrected chi connectivity index (χ1v) is 2.43. The monoisotopic (exact) mass is 235 g/mol. The smallest absolute Gasteiger partial charge is 0.851 e. The number of hydrogen-bond acceptors (Lipinski definition) is 2. The Hall–Kier alpha value is 1.97. The second kappa shape index (κ2) is 7.08. The Morgan fingerprint density at radius 1 is 1.50 bits per heavy atom. The van der Waals surface area contributed by atoms with Gasteiger partial charge in [-0.1, -0.05) is 6.92 Å². The number of nitrogens with zero attached hydrogens (tertiary/aromatic N) is 1. The quantitative estimate of drug-likeness (QED) is 0.492. The summed E-state index contributed by atoms with van der Waals surface area (Å²) in [6, 6.07) is 0. The predicted molar refractivity (Wildman–Crippen MR) is 28.0 cm³/mol. The van der Waals surface area contributed by atoms with Crippen LogP contribution in [0.25, 0.3) is 0 Å². The first-order valence-electron chi connectivity index (χ1n) is 2.43. The molecule has 0 spiro atoms. The maximum atomic E-state index is 10.3. The Kier molecular flexibility index (Phi) is 11.2. The zero-order chi connectivity index (χ0) is 5.86. The molecule has 0 aliphatic carbocycles. The van der Waals surface area contributed by atoms with Crippen molar-refractivity contribution in [1.29, 1.82) is 0 Å². The SMILES string of the molecule is C[C@H]([O-])CN(C)C.[Cs+]. The van der Waals surface area contributed by atoms with Crippen LogP contribution in [0.1, 0.15) is 6.92 Å². The van der Waals surface area contributed by atoms with Crippen molar-refractivity contribution in [3.05, 3.63) is 0 Å². The van der Waals surface area contributed by atoms with Gasteiger partial charge in [0.15, 0.2) is 0 Å². The molecule has 44 valence electrons. The van der Waals surface area contributed by atoms with Crippen LogP contribution in [-0.4, -0.2) is 31.6 Å².